The van der Waals surface area contributed by atoms with Crippen LogP contribution < -0.4 is 5.73 Å². The highest BCUT2D eigenvalue weighted by Crippen LogP contribution is 2.17. The number of hydrogen-bond donors (Lipinski definition) is 1. The van der Waals surface area contributed by atoms with Crippen LogP contribution in [0.15, 0.2) is 0 Å². The molecule has 1 atom stereocenters. The van der Waals surface area contributed by atoms with Gasteiger partial charge in [0.05, 0.1) is 0 Å². The molecule has 2 N–H and O–H groups in total. The second-order valence-corrected chi connectivity index (χ2v) is 4.59. The second-order valence-electron chi connectivity index (χ2n) is 4.59. The van der Waals surface area contributed by atoms with E-state index in [-0.39, 0.29) is 0 Å². The first-order valence-corrected chi connectivity index (χ1v) is 5.83. The Labute approximate surface area is 88.2 Å². The van der Waals surface area contributed by atoms with E-state index in [9.17, 15) is 0 Å². The molecule has 1 unspecified atom stereocenters. The Morgan fingerprint density at radius 3 is 2.79 bits per heavy atom. The maximum atomic E-state index is 5.50. The summed E-state index contributed by atoms with van der Waals surface area (Å²) in [5.41, 5.74) is 5.50. The highest BCUT2D eigenvalue weighted by atomic mass is 15.2. The predicted molar refractivity (Wildman–Crippen MR) is 61.4 cm³/mol. The van der Waals surface area contributed by atoms with E-state index in [2.05, 4.69) is 23.9 Å². The molecule has 0 saturated carbocycles. The summed E-state index contributed by atoms with van der Waals surface area (Å²) in [6.45, 7) is 4.59. The van der Waals surface area contributed by atoms with Crippen molar-refractivity contribution in [2.24, 2.45) is 5.73 Å². The number of rotatable bonds is 6. The van der Waals surface area contributed by atoms with Gasteiger partial charge in [-0.1, -0.05) is 0 Å². The van der Waals surface area contributed by atoms with E-state index in [0.29, 0.717) is 0 Å². The molecule has 0 aliphatic carbocycles. The van der Waals surface area contributed by atoms with Gasteiger partial charge in [-0.25, -0.2) is 0 Å². The van der Waals surface area contributed by atoms with E-state index in [4.69, 9.17) is 5.73 Å². The summed E-state index contributed by atoms with van der Waals surface area (Å²) in [5.74, 6) is 0. The van der Waals surface area contributed by atoms with Crippen molar-refractivity contribution < 1.29 is 0 Å². The molecule has 0 bridgehead atoms. The minimum absolute atomic E-state index is 0.794. The molecule has 1 fully saturated rings. The van der Waals surface area contributed by atoms with Gasteiger partial charge in [-0.15, -0.1) is 0 Å². The number of likely N-dealkylation sites (tertiary alicyclic amines) is 1. The summed E-state index contributed by atoms with van der Waals surface area (Å²) < 4.78 is 0. The van der Waals surface area contributed by atoms with Crippen LogP contribution in [-0.2, 0) is 0 Å². The van der Waals surface area contributed by atoms with Gasteiger partial charge in [0.15, 0.2) is 0 Å². The molecule has 1 rings (SSSR count). The molecule has 1 heterocycles. The van der Waals surface area contributed by atoms with Gasteiger partial charge in [0.1, 0.15) is 0 Å². The third kappa shape index (κ3) is 3.95. The highest BCUT2D eigenvalue weighted by Gasteiger charge is 2.23. The van der Waals surface area contributed by atoms with Crippen molar-refractivity contribution in [2.45, 2.75) is 31.7 Å². The Morgan fingerprint density at radius 1 is 1.36 bits per heavy atom. The largest absolute Gasteiger partial charge is 0.330 e. The second kappa shape index (κ2) is 6.38. The SMILES string of the molecule is CN(C)CC1CCCN1CCCCN. The van der Waals surface area contributed by atoms with Gasteiger partial charge in [0, 0.05) is 12.6 Å². The van der Waals surface area contributed by atoms with Crippen molar-refractivity contribution in [3.05, 3.63) is 0 Å². The molecule has 1 saturated heterocycles. The van der Waals surface area contributed by atoms with Crippen LogP contribution in [0.4, 0.5) is 0 Å². The van der Waals surface area contributed by atoms with Gasteiger partial charge in [-0.05, 0) is 59.4 Å². The molecule has 1 aliphatic heterocycles. The van der Waals surface area contributed by atoms with Crippen molar-refractivity contribution in [1.29, 1.82) is 0 Å². The van der Waals surface area contributed by atoms with Crippen LogP contribution in [0, 0.1) is 0 Å². The fraction of sp³-hybridized carbons (Fsp3) is 1.00. The quantitative estimate of drug-likeness (QED) is 0.641. The van der Waals surface area contributed by atoms with E-state index >= 15 is 0 Å². The maximum Gasteiger partial charge on any atom is 0.0223 e. The van der Waals surface area contributed by atoms with E-state index < -0.39 is 0 Å². The molecule has 84 valence electrons. The van der Waals surface area contributed by atoms with Crippen LogP contribution in [0.3, 0.4) is 0 Å². The normalized spacial score (nSPS) is 23.6. The molecular formula is C11H25N3. The van der Waals surface area contributed by atoms with Crippen LogP contribution >= 0.6 is 0 Å². The minimum Gasteiger partial charge on any atom is -0.330 e. The van der Waals surface area contributed by atoms with Crippen molar-refractivity contribution in [1.82, 2.24) is 9.80 Å². The number of hydrogen-bond acceptors (Lipinski definition) is 3. The third-order valence-corrected chi connectivity index (χ3v) is 2.97. The molecule has 0 radical (unpaired) electrons. The van der Waals surface area contributed by atoms with Crippen molar-refractivity contribution >= 4 is 0 Å². The maximum absolute atomic E-state index is 5.50. The van der Waals surface area contributed by atoms with Gasteiger partial charge in [-0.2, -0.15) is 0 Å². The zero-order valence-electron chi connectivity index (χ0n) is 9.71. The lowest BCUT2D eigenvalue weighted by Crippen LogP contribution is -2.38. The molecule has 3 heteroatoms. The van der Waals surface area contributed by atoms with Gasteiger partial charge < -0.3 is 10.6 Å². The summed E-state index contributed by atoms with van der Waals surface area (Å²) in [5, 5.41) is 0. The number of nitrogens with zero attached hydrogens (tertiary/aromatic N) is 2. The van der Waals surface area contributed by atoms with Crippen LogP contribution in [0.2, 0.25) is 0 Å². The van der Waals surface area contributed by atoms with Gasteiger partial charge in [0.2, 0.25) is 0 Å². The lowest BCUT2D eigenvalue weighted by molar-refractivity contribution is 0.205. The highest BCUT2D eigenvalue weighted by molar-refractivity contribution is 4.80. The molecule has 3 nitrogen and oxygen atoms in total. The van der Waals surface area contributed by atoms with Gasteiger partial charge >= 0.3 is 0 Å². The zero-order valence-corrected chi connectivity index (χ0v) is 9.71. The standard InChI is InChI=1S/C11H25N3/c1-13(2)10-11-6-5-9-14(11)8-4-3-7-12/h11H,3-10,12H2,1-2H3. The first-order valence-electron chi connectivity index (χ1n) is 5.83. The van der Waals surface area contributed by atoms with Crippen LogP contribution in [-0.4, -0.2) is 56.1 Å². The molecule has 0 aromatic carbocycles. The van der Waals surface area contributed by atoms with E-state index in [1.807, 2.05) is 0 Å². The Hall–Kier alpha value is -0.120. The van der Waals surface area contributed by atoms with E-state index in [1.165, 1.54) is 45.3 Å². The summed E-state index contributed by atoms with van der Waals surface area (Å²) in [6.07, 6.45) is 5.19. The average Bonchev–Trinajstić information content (AvgIpc) is 2.52. The smallest absolute Gasteiger partial charge is 0.0223 e. The summed E-state index contributed by atoms with van der Waals surface area (Å²) in [6, 6.07) is 0.794. The first kappa shape index (κ1) is 12.0. The minimum atomic E-state index is 0.794. The summed E-state index contributed by atoms with van der Waals surface area (Å²) >= 11 is 0. The fourth-order valence-corrected chi connectivity index (χ4v) is 2.28. The number of nitrogens with two attached hydrogens (primary N) is 1. The third-order valence-electron chi connectivity index (χ3n) is 2.97. The summed E-state index contributed by atoms with van der Waals surface area (Å²) in [7, 11) is 4.33. The lowest BCUT2D eigenvalue weighted by Gasteiger charge is -2.26. The Morgan fingerprint density at radius 2 is 2.14 bits per heavy atom. The molecule has 0 spiro atoms. The average molecular weight is 199 g/mol. The van der Waals surface area contributed by atoms with Crippen LogP contribution in [0.25, 0.3) is 0 Å². The van der Waals surface area contributed by atoms with Crippen molar-refractivity contribution in [3.63, 3.8) is 0 Å². The van der Waals surface area contributed by atoms with Crippen molar-refractivity contribution in [3.8, 4) is 0 Å². The monoisotopic (exact) mass is 199 g/mol. The number of unbranched alkanes of at least 4 members (excludes halogenated alkanes) is 1. The lowest BCUT2D eigenvalue weighted by atomic mass is 10.2. The van der Waals surface area contributed by atoms with Crippen molar-refractivity contribution in [2.75, 3.05) is 40.3 Å². The number of likely N-dealkylation sites (N-methyl/N-ethyl adjacent to an activating group) is 1. The topological polar surface area (TPSA) is 32.5 Å². The van der Waals surface area contributed by atoms with Crippen LogP contribution in [0.1, 0.15) is 25.7 Å². The molecule has 1 aliphatic rings. The molecule has 0 amide bonds. The molecule has 14 heavy (non-hydrogen) atoms. The first-order chi connectivity index (χ1) is 6.74. The Kier molecular flexibility index (Phi) is 5.45. The van der Waals surface area contributed by atoms with Gasteiger partial charge in [0.25, 0.3) is 0 Å². The van der Waals surface area contributed by atoms with Crippen LogP contribution in [0.5, 0.6) is 0 Å². The Balaban J connectivity index is 2.21. The zero-order chi connectivity index (χ0) is 10.4. The fourth-order valence-electron chi connectivity index (χ4n) is 2.28. The van der Waals surface area contributed by atoms with E-state index in [0.717, 1.165) is 12.6 Å². The molecule has 0 aromatic rings. The Bertz CT molecular complexity index is 147. The predicted octanol–water partition coefficient (Wildman–Crippen LogP) is 0.751. The molecular weight excluding hydrogens is 174 g/mol. The van der Waals surface area contributed by atoms with E-state index in [1.54, 1.807) is 0 Å². The summed E-state index contributed by atoms with van der Waals surface area (Å²) in [4.78, 5) is 4.93. The molecule has 0 aromatic heterocycles. The van der Waals surface area contributed by atoms with Gasteiger partial charge in [-0.3, -0.25) is 4.90 Å².